The minimum atomic E-state index is -0.439. The summed E-state index contributed by atoms with van der Waals surface area (Å²) in [4.78, 5) is 11.8. The van der Waals surface area contributed by atoms with Crippen molar-refractivity contribution in [3.05, 3.63) is 34.6 Å². The van der Waals surface area contributed by atoms with Gasteiger partial charge in [0.2, 0.25) is 0 Å². The normalized spacial score (nSPS) is 16.6. The molecule has 0 atom stereocenters. The Morgan fingerprint density at radius 2 is 2.24 bits per heavy atom. The molecule has 1 aromatic rings. The van der Waals surface area contributed by atoms with Crippen LogP contribution in [0.15, 0.2) is 18.2 Å². The van der Waals surface area contributed by atoms with Gasteiger partial charge in [-0.05, 0) is 36.5 Å². The number of nitrogens with one attached hydrogen (secondary N) is 1. The summed E-state index contributed by atoms with van der Waals surface area (Å²) in [7, 11) is 0. The zero-order valence-electron chi connectivity index (χ0n) is 9.10. The molecule has 1 aliphatic rings. The lowest BCUT2D eigenvalue weighted by atomic mass is 10.1. The van der Waals surface area contributed by atoms with Crippen LogP contribution < -0.4 is 5.32 Å². The van der Waals surface area contributed by atoms with E-state index in [1.165, 1.54) is 12.1 Å². The van der Waals surface area contributed by atoms with Crippen molar-refractivity contribution in [1.82, 2.24) is 5.32 Å². The molecular formula is C12H12BrClFNO. The zero-order valence-corrected chi connectivity index (χ0v) is 11.4. The minimum absolute atomic E-state index is 0.145. The van der Waals surface area contributed by atoms with Gasteiger partial charge in [-0.25, -0.2) is 4.39 Å². The summed E-state index contributed by atoms with van der Waals surface area (Å²) in [5.74, 6) is -0.687. The van der Waals surface area contributed by atoms with E-state index >= 15 is 0 Å². The molecule has 0 aliphatic heterocycles. The number of benzene rings is 1. The van der Waals surface area contributed by atoms with Crippen molar-refractivity contribution in [3.8, 4) is 0 Å². The summed E-state index contributed by atoms with van der Waals surface area (Å²) in [5, 5.41) is 3.87. The van der Waals surface area contributed by atoms with E-state index in [-0.39, 0.29) is 16.3 Å². The maximum Gasteiger partial charge on any atom is 0.252 e. The van der Waals surface area contributed by atoms with Crippen LogP contribution in [0.2, 0.25) is 5.02 Å². The molecule has 0 radical (unpaired) electrons. The van der Waals surface area contributed by atoms with E-state index in [1.54, 1.807) is 0 Å². The predicted molar refractivity (Wildman–Crippen MR) is 69.2 cm³/mol. The van der Waals surface area contributed by atoms with Crippen molar-refractivity contribution in [2.75, 3.05) is 11.9 Å². The molecule has 2 nitrogen and oxygen atoms in total. The minimum Gasteiger partial charge on any atom is -0.351 e. The second-order valence-electron chi connectivity index (χ2n) is 4.44. The highest BCUT2D eigenvalue weighted by Gasteiger charge is 2.41. The molecule has 2 rings (SSSR count). The largest absolute Gasteiger partial charge is 0.351 e. The second-order valence-corrected chi connectivity index (χ2v) is 5.41. The van der Waals surface area contributed by atoms with Crippen molar-refractivity contribution < 1.29 is 9.18 Å². The Bertz CT molecular complexity index is 448. The maximum absolute atomic E-state index is 12.8. The highest BCUT2D eigenvalue weighted by Crippen LogP contribution is 2.46. The fourth-order valence-corrected chi connectivity index (χ4v) is 2.58. The molecule has 17 heavy (non-hydrogen) atoms. The van der Waals surface area contributed by atoms with Gasteiger partial charge in [0, 0.05) is 11.9 Å². The van der Waals surface area contributed by atoms with Crippen molar-refractivity contribution in [1.29, 1.82) is 0 Å². The summed E-state index contributed by atoms with van der Waals surface area (Å²) in [6, 6.07) is 3.78. The van der Waals surface area contributed by atoms with Gasteiger partial charge in [-0.3, -0.25) is 4.79 Å². The molecule has 0 bridgehead atoms. The summed E-state index contributed by atoms with van der Waals surface area (Å²) < 4.78 is 12.8. The van der Waals surface area contributed by atoms with Gasteiger partial charge in [0.1, 0.15) is 5.82 Å². The molecular weight excluding hydrogens is 308 g/mol. The molecule has 0 aromatic heterocycles. The fraction of sp³-hybridized carbons (Fsp3) is 0.417. The molecule has 0 heterocycles. The lowest BCUT2D eigenvalue weighted by Gasteiger charge is -2.13. The van der Waals surface area contributed by atoms with E-state index in [9.17, 15) is 9.18 Å². The van der Waals surface area contributed by atoms with E-state index < -0.39 is 5.82 Å². The molecule has 1 amide bonds. The number of halogens is 3. The van der Waals surface area contributed by atoms with Gasteiger partial charge >= 0.3 is 0 Å². The average Bonchev–Trinajstić information content (AvgIpc) is 3.07. The van der Waals surface area contributed by atoms with E-state index in [4.69, 9.17) is 11.6 Å². The fourth-order valence-electron chi connectivity index (χ4n) is 1.57. The number of carbonyl (C=O) groups is 1. The van der Waals surface area contributed by atoms with E-state index in [0.29, 0.717) is 12.1 Å². The second kappa shape index (κ2) is 4.94. The molecule has 0 spiro atoms. The third-order valence-electron chi connectivity index (χ3n) is 3.04. The van der Waals surface area contributed by atoms with Crippen LogP contribution in [-0.4, -0.2) is 17.8 Å². The summed E-state index contributed by atoms with van der Waals surface area (Å²) in [6.45, 7) is 0.630. The number of amides is 1. The topological polar surface area (TPSA) is 29.1 Å². The monoisotopic (exact) mass is 319 g/mol. The Hall–Kier alpha value is -0.610. The Morgan fingerprint density at radius 3 is 2.76 bits per heavy atom. The van der Waals surface area contributed by atoms with Crippen molar-refractivity contribution >= 4 is 33.4 Å². The quantitative estimate of drug-likeness (QED) is 0.847. The third-order valence-corrected chi connectivity index (χ3v) is 4.54. The molecule has 0 unspecified atom stereocenters. The van der Waals surface area contributed by atoms with Crippen LogP contribution in [0.4, 0.5) is 4.39 Å². The van der Waals surface area contributed by atoms with Crippen LogP contribution in [0.3, 0.4) is 0 Å². The van der Waals surface area contributed by atoms with Crippen LogP contribution in [0.25, 0.3) is 0 Å². The Morgan fingerprint density at radius 1 is 1.53 bits per heavy atom. The Kier molecular flexibility index (Phi) is 3.73. The van der Waals surface area contributed by atoms with Crippen molar-refractivity contribution in [3.63, 3.8) is 0 Å². The average molecular weight is 321 g/mol. The SMILES string of the molecule is O=C(NCC1(CBr)CC1)c1ccc(F)cc1Cl. The summed E-state index contributed by atoms with van der Waals surface area (Å²) in [6.07, 6.45) is 2.24. The Labute approximate surface area is 113 Å². The van der Waals surface area contributed by atoms with Gasteiger partial charge in [-0.2, -0.15) is 0 Å². The van der Waals surface area contributed by atoms with Gasteiger partial charge in [0.05, 0.1) is 10.6 Å². The first-order chi connectivity index (χ1) is 8.06. The first-order valence-corrected chi connectivity index (χ1v) is 6.85. The van der Waals surface area contributed by atoms with E-state index in [1.807, 2.05) is 0 Å². The van der Waals surface area contributed by atoms with Gasteiger partial charge in [-0.15, -0.1) is 0 Å². The lowest BCUT2D eigenvalue weighted by Crippen LogP contribution is -2.31. The van der Waals surface area contributed by atoms with E-state index in [0.717, 1.165) is 24.2 Å². The number of alkyl halides is 1. The maximum atomic E-state index is 12.8. The number of hydrogen-bond acceptors (Lipinski definition) is 1. The van der Waals surface area contributed by atoms with Gasteiger partial charge in [-0.1, -0.05) is 27.5 Å². The van der Waals surface area contributed by atoms with Crippen LogP contribution in [0.5, 0.6) is 0 Å². The Balaban J connectivity index is 2.00. The summed E-state index contributed by atoms with van der Waals surface area (Å²) in [5.41, 5.74) is 0.528. The van der Waals surface area contributed by atoms with Gasteiger partial charge in [0.15, 0.2) is 0 Å². The molecule has 0 saturated heterocycles. The van der Waals surface area contributed by atoms with Crippen molar-refractivity contribution in [2.45, 2.75) is 12.8 Å². The predicted octanol–water partition coefficient (Wildman–Crippen LogP) is 3.38. The number of carbonyl (C=O) groups excluding carboxylic acids is 1. The smallest absolute Gasteiger partial charge is 0.252 e. The molecule has 1 aliphatic carbocycles. The lowest BCUT2D eigenvalue weighted by molar-refractivity contribution is 0.0946. The van der Waals surface area contributed by atoms with Gasteiger partial charge in [0.25, 0.3) is 5.91 Å². The zero-order chi connectivity index (χ0) is 12.5. The standard InChI is InChI=1S/C12H12BrClFNO/c13-6-12(3-4-12)7-16-11(17)9-2-1-8(15)5-10(9)14/h1-2,5H,3-4,6-7H2,(H,16,17). The molecule has 92 valence electrons. The highest BCUT2D eigenvalue weighted by atomic mass is 79.9. The molecule has 1 N–H and O–H groups in total. The van der Waals surface area contributed by atoms with Gasteiger partial charge < -0.3 is 5.32 Å². The van der Waals surface area contributed by atoms with Crippen LogP contribution >= 0.6 is 27.5 Å². The third kappa shape index (κ3) is 2.99. The van der Waals surface area contributed by atoms with Crippen LogP contribution in [0, 0.1) is 11.2 Å². The van der Waals surface area contributed by atoms with Crippen LogP contribution in [0.1, 0.15) is 23.2 Å². The molecule has 5 heteroatoms. The number of rotatable bonds is 4. The number of hydrogen-bond donors (Lipinski definition) is 1. The molecule has 1 fully saturated rings. The summed E-state index contributed by atoms with van der Waals surface area (Å²) >= 11 is 9.25. The highest BCUT2D eigenvalue weighted by molar-refractivity contribution is 9.09. The van der Waals surface area contributed by atoms with Crippen molar-refractivity contribution in [2.24, 2.45) is 5.41 Å². The van der Waals surface area contributed by atoms with Crippen LogP contribution in [-0.2, 0) is 0 Å². The first-order valence-electron chi connectivity index (χ1n) is 5.36. The first kappa shape index (κ1) is 12.8. The molecule has 1 saturated carbocycles. The van der Waals surface area contributed by atoms with E-state index in [2.05, 4.69) is 21.2 Å². The molecule has 1 aromatic carbocycles.